The van der Waals surface area contributed by atoms with Crippen molar-refractivity contribution in [1.82, 2.24) is 10.2 Å². The Labute approximate surface area is 278 Å². The smallest absolute Gasteiger partial charge is 0.183 e. The molecule has 1 saturated heterocycles. The van der Waals surface area contributed by atoms with Crippen molar-refractivity contribution < 1.29 is 28.1 Å². The average Bonchev–Trinajstić information content (AvgIpc) is 3.75. The van der Waals surface area contributed by atoms with Crippen LogP contribution in [0.2, 0.25) is 5.02 Å². The van der Waals surface area contributed by atoms with E-state index in [2.05, 4.69) is 44.0 Å². The lowest BCUT2D eigenvalue weighted by Crippen LogP contribution is -2.58. The van der Waals surface area contributed by atoms with E-state index in [1.807, 2.05) is 24.3 Å². The van der Waals surface area contributed by atoms with Crippen molar-refractivity contribution in [3.63, 3.8) is 0 Å². The molecule has 1 aromatic carbocycles. The molecule has 8 nitrogen and oxygen atoms in total. The highest BCUT2D eigenvalue weighted by molar-refractivity contribution is 7.14. The van der Waals surface area contributed by atoms with Crippen LogP contribution in [0.5, 0.6) is 0 Å². The Morgan fingerprint density at radius 3 is 2.13 bits per heavy atom. The summed E-state index contributed by atoms with van der Waals surface area (Å²) in [5, 5.41) is 11.0. The third-order valence-electron chi connectivity index (χ3n) is 7.92. The predicted molar refractivity (Wildman–Crippen MR) is 179 cm³/mol. The van der Waals surface area contributed by atoms with E-state index in [0.717, 1.165) is 72.5 Å². The number of halogens is 1. The second kappa shape index (κ2) is 19.7. The molecule has 5 atom stereocenters. The fourth-order valence-electron chi connectivity index (χ4n) is 5.32. The Balaban J connectivity index is 1.65. The van der Waals surface area contributed by atoms with E-state index in [4.69, 9.17) is 39.7 Å². The molecular weight excluding hydrogens is 612 g/mol. The minimum atomic E-state index is -0.386. The highest BCUT2D eigenvalue weighted by Crippen LogP contribution is 2.39. The fraction of sp³-hybridized carbons (Fsp3) is 0.657. The molecule has 45 heavy (non-hydrogen) atoms. The van der Waals surface area contributed by atoms with E-state index in [1.54, 1.807) is 6.26 Å². The molecule has 0 amide bonds. The van der Waals surface area contributed by atoms with Gasteiger partial charge in [-0.15, -0.1) is 10.2 Å². The summed E-state index contributed by atoms with van der Waals surface area (Å²) in [6.07, 6.45) is 8.65. The van der Waals surface area contributed by atoms with Crippen LogP contribution < -0.4 is 0 Å². The van der Waals surface area contributed by atoms with Crippen molar-refractivity contribution in [1.29, 1.82) is 0 Å². The standard InChI is InChI=1S/C35H51ClN2O6S/c1-5-9-17-39-24-29-32(41-18-10-6-2)34(43-20-12-8-4)33(42-19-11-7-3)31(44-29)25-15-16-27(36)26(22-25)23-30-37-38-35(45-30)28-14-13-21-40-28/h13-16,21-22,29,31-34H,5-12,17-20,23-24H2,1-4H3/t29-,31+,32-,33+,34+/m1/s1. The average molecular weight is 663 g/mol. The normalized spacial score (nSPS) is 21.8. The van der Waals surface area contributed by atoms with Crippen molar-refractivity contribution in [3.8, 4) is 10.8 Å². The third-order valence-corrected chi connectivity index (χ3v) is 9.23. The summed E-state index contributed by atoms with van der Waals surface area (Å²) in [5.41, 5.74) is 1.94. The number of hydrogen-bond acceptors (Lipinski definition) is 9. The SMILES string of the molecule is CCCCOC[C@H]1O[C@@H](c2ccc(Cl)c(Cc3nnc(-c4ccco4)s3)c2)[C@H](OCCCC)[C@@H](OCCCC)[C@@H]1OCCCC. The Bertz CT molecular complexity index is 1220. The minimum Gasteiger partial charge on any atom is -0.462 e. The molecule has 3 aromatic rings. The summed E-state index contributed by atoms with van der Waals surface area (Å²) < 4.78 is 38.5. The Kier molecular flexibility index (Phi) is 15.8. The van der Waals surface area contributed by atoms with Crippen LogP contribution in [-0.4, -0.2) is 67.6 Å². The first-order valence-corrected chi connectivity index (χ1v) is 18.0. The maximum Gasteiger partial charge on any atom is 0.183 e. The van der Waals surface area contributed by atoms with Crippen LogP contribution in [-0.2, 0) is 30.1 Å². The van der Waals surface area contributed by atoms with Gasteiger partial charge in [0.15, 0.2) is 10.8 Å². The zero-order valence-electron chi connectivity index (χ0n) is 27.4. The van der Waals surface area contributed by atoms with Gasteiger partial charge in [0.1, 0.15) is 35.5 Å². The summed E-state index contributed by atoms with van der Waals surface area (Å²) in [5.74, 6) is 0.707. The first kappa shape index (κ1) is 36.0. The van der Waals surface area contributed by atoms with Gasteiger partial charge in [-0.2, -0.15) is 0 Å². The molecule has 0 bridgehead atoms. The Morgan fingerprint density at radius 2 is 1.47 bits per heavy atom. The molecule has 2 aromatic heterocycles. The van der Waals surface area contributed by atoms with Crippen molar-refractivity contribution in [3.05, 3.63) is 57.8 Å². The largest absolute Gasteiger partial charge is 0.462 e. The molecule has 0 saturated carbocycles. The molecule has 3 heterocycles. The highest BCUT2D eigenvalue weighted by atomic mass is 35.5. The van der Waals surface area contributed by atoms with Gasteiger partial charge in [-0.1, -0.05) is 88.4 Å². The van der Waals surface area contributed by atoms with Crippen LogP contribution in [0.3, 0.4) is 0 Å². The number of furan rings is 1. The van der Waals surface area contributed by atoms with Crippen LogP contribution in [0.25, 0.3) is 10.8 Å². The van der Waals surface area contributed by atoms with Gasteiger partial charge in [-0.25, -0.2) is 0 Å². The molecule has 0 aliphatic carbocycles. The monoisotopic (exact) mass is 662 g/mol. The van der Waals surface area contributed by atoms with E-state index in [1.165, 1.54) is 11.3 Å². The predicted octanol–water partition coefficient (Wildman–Crippen LogP) is 8.85. The van der Waals surface area contributed by atoms with Gasteiger partial charge in [0.05, 0.1) is 12.9 Å². The molecule has 4 rings (SSSR count). The summed E-state index contributed by atoms with van der Waals surface area (Å²) >= 11 is 8.27. The fourth-order valence-corrected chi connectivity index (χ4v) is 6.34. The minimum absolute atomic E-state index is 0.300. The van der Waals surface area contributed by atoms with Gasteiger partial charge >= 0.3 is 0 Å². The summed E-state index contributed by atoms with van der Waals surface area (Å²) in [7, 11) is 0. The zero-order valence-corrected chi connectivity index (χ0v) is 29.0. The van der Waals surface area contributed by atoms with Gasteiger partial charge in [-0.05, 0) is 55.0 Å². The molecule has 0 spiro atoms. The Hall–Kier alpha value is -1.85. The maximum atomic E-state index is 6.94. The van der Waals surface area contributed by atoms with Crippen LogP contribution >= 0.6 is 22.9 Å². The highest BCUT2D eigenvalue weighted by Gasteiger charge is 2.48. The van der Waals surface area contributed by atoms with E-state index in [9.17, 15) is 0 Å². The molecule has 10 heteroatoms. The molecule has 0 N–H and O–H groups in total. The van der Waals surface area contributed by atoms with Gasteiger partial charge in [-0.3, -0.25) is 0 Å². The van der Waals surface area contributed by atoms with Crippen molar-refractivity contribution in [2.24, 2.45) is 0 Å². The molecule has 0 unspecified atom stereocenters. The van der Waals surface area contributed by atoms with Crippen molar-refractivity contribution in [2.75, 3.05) is 33.0 Å². The first-order chi connectivity index (χ1) is 22.1. The first-order valence-electron chi connectivity index (χ1n) is 16.8. The lowest BCUT2D eigenvalue weighted by Gasteiger charge is -2.46. The second-order valence-corrected chi connectivity index (χ2v) is 13.1. The van der Waals surface area contributed by atoms with Crippen LogP contribution in [0.1, 0.15) is 101 Å². The number of rotatable bonds is 21. The quantitative estimate of drug-likeness (QED) is 0.105. The number of ether oxygens (including phenoxy) is 5. The number of hydrogen-bond donors (Lipinski definition) is 0. The number of benzene rings is 1. The number of unbranched alkanes of at least 4 members (excludes halogenated alkanes) is 4. The van der Waals surface area contributed by atoms with Crippen LogP contribution in [0.15, 0.2) is 41.0 Å². The third kappa shape index (κ3) is 10.6. The lowest BCUT2D eigenvalue weighted by molar-refractivity contribution is -0.268. The molecular formula is C35H51ClN2O6S. The van der Waals surface area contributed by atoms with E-state index < -0.39 is 0 Å². The van der Waals surface area contributed by atoms with Gasteiger partial charge in [0, 0.05) is 37.9 Å². The zero-order chi connectivity index (χ0) is 31.9. The lowest BCUT2D eigenvalue weighted by atomic mass is 9.89. The Morgan fingerprint density at radius 1 is 0.800 bits per heavy atom. The summed E-state index contributed by atoms with van der Waals surface area (Å²) in [6, 6.07) is 9.83. The van der Waals surface area contributed by atoms with Gasteiger partial charge in [0.25, 0.3) is 0 Å². The van der Waals surface area contributed by atoms with Gasteiger partial charge in [0.2, 0.25) is 0 Å². The van der Waals surface area contributed by atoms with Crippen molar-refractivity contribution >= 4 is 22.9 Å². The maximum absolute atomic E-state index is 6.94. The van der Waals surface area contributed by atoms with E-state index in [-0.39, 0.29) is 30.5 Å². The molecule has 1 fully saturated rings. The molecule has 1 aliphatic heterocycles. The number of nitrogens with zero attached hydrogens (tertiary/aromatic N) is 2. The number of aromatic nitrogens is 2. The summed E-state index contributed by atoms with van der Waals surface area (Å²) in [6.45, 7) is 11.7. The molecule has 1 aliphatic rings. The van der Waals surface area contributed by atoms with E-state index in [0.29, 0.717) is 50.2 Å². The van der Waals surface area contributed by atoms with E-state index >= 15 is 0 Å². The topological polar surface area (TPSA) is 85.1 Å². The second-order valence-electron chi connectivity index (χ2n) is 11.6. The van der Waals surface area contributed by atoms with Gasteiger partial charge < -0.3 is 28.1 Å². The molecule has 0 radical (unpaired) electrons. The van der Waals surface area contributed by atoms with Crippen LogP contribution in [0, 0.1) is 0 Å². The summed E-state index contributed by atoms with van der Waals surface area (Å²) in [4.78, 5) is 0. The van der Waals surface area contributed by atoms with Crippen molar-refractivity contribution in [2.45, 2.75) is 116 Å². The molecule has 250 valence electrons. The van der Waals surface area contributed by atoms with Crippen LogP contribution in [0.4, 0.5) is 0 Å².